The first-order chi connectivity index (χ1) is 9.08. The van der Waals surface area contributed by atoms with Gasteiger partial charge < -0.3 is 20.1 Å². The maximum Gasteiger partial charge on any atom is 0.334 e. The minimum absolute atomic E-state index is 0.0601. The van der Waals surface area contributed by atoms with Crippen LogP contribution in [0.1, 0.15) is 0 Å². The molecule has 1 saturated heterocycles. The van der Waals surface area contributed by atoms with Crippen LogP contribution in [0.25, 0.3) is 0 Å². The van der Waals surface area contributed by atoms with E-state index in [1.54, 1.807) is 6.07 Å². The van der Waals surface area contributed by atoms with Crippen molar-refractivity contribution in [3.05, 3.63) is 27.8 Å². The van der Waals surface area contributed by atoms with Crippen molar-refractivity contribution in [3.8, 4) is 0 Å². The lowest BCUT2D eigenvalue weighted by Crippen LogP contribution is -2.49. The molecular formula is C12H13IN2O4. The van der Waals surface area contributed by atoms with E-state index >= 15 is 0 Å². The molecule has 1 aromatic rings. The Labute approximate surface area is 123 Å². The van der Waals surface area contributed by atoms with Gasteiger partial charge in [0.15, 0.2) is 6.10 Å². The van der Waals surface area contributed by atoms with Gasteiger partial charge in [0.05, 0.1) is 18.8 Å². The van der Waals surface area contributed by atoms with Crippen molar-refractivity contribution < 1.29 is 19.4 Å². The van der Waals surface area contributed by atoms with E-state index in [0.29, 0.717) is 12.2 Å². The summed E-state index contributed by atoms with van der Waals surface area (Å²) in [6.45, 7) is 0.680. The number of nitrogens with zero attached hydrogens (tertiary/aromatic N) is 1. The van der Waals surface area contributed by atoms with Crippen LogP contribution < -0.4 is 5.32 Å². The molecule has 1 heterocycles. The number of carbonyl (C=O) groups excluding carboxylic acids is 1. The molecule has 0 radical (unpaired) electrons. The molecule has 0 aliphatic carbocycles. The number of carboxylic acid groups (broad SMARTS) is 1. The summed E-state index contributed by atoms with van der Waals surface area (Å²) in [4.78, 5) is 24.4. The Kier molecular flexibility index (Phi) is 4.59. The maximum atomic E-state index is 12.1. The van der Waals surface area contributed by atoms with Crippen molar-refractivity contribution in [2.75, 3.05) is 25.0 Å². The summed E-state index contributed by atoms with van der Waals surface area (Å²) in [6, 6.07) is 7.09. The number of morpholine rings is 1. The summed E-state index contributed by atoms with van der Waals surface area (Å²) < 4.78 is 6.00. The van der Waals surface area contributed by atoms with Crippen molar-refractivity contribution in [2.45, 2.75) is 6.10 Å². The Morgan fingerprint density at radius 2 is 2.16 bits per heavy atom. The summed E-state index contributed by atoms with van der Waals surface area (Å²) in [6.07, 6.45) is -0.950. The first kappa shape index (κ1) is 14.1. The predicted octanol–water partition coefficient (Wildman–Crippen LogP) is 1.61. The van der Waals surface area contributed by atoms with Crippen LogP contribution in [-0.2, 0) is 9.53 Å². The van der Waals surface area contributed by atoms with Crippen molar-refractivity contribution >= 4 is 40.3 Å². The van der Waals surface area contributed by atoms with Crippen LogP contribution in [0.5, 0.6) is 0 Å². The number of rotatable bonds is 2. The number of urea groups is 1. The second kappa shape index (κ2) is 6.20. The smallest absolute Gasteiger partial charge is 0.334 e. The van der Waals surface area contributed by atoms with E-state index < -0.39 is 12.1 Å². The topological polar surface area (TPSA) is 78.9 Å². The van der Waals surface area contributed by atoms with Gasteiger partial charge in [-0.05, 0) is 34.7 Å². The van der Waals surface area contributed by atoms with Gasteiger partial charge in [-0.2, -0.15) is 0 Å². The number of carboxylic acids is 1. The van der Waals surface area contributed by atoms with E-state index in [1.165, 1.54) is 4.90 Å². The Bertz CT molecular complexity index is 494. The number of hydrogen-bond donors (Lipinski definition) is 2. The highest BCUT2D eigenvalue weighted by Crippen LogP contribution is 2.18. The summed E-state index contributed by atoms with van der Waals surface area (Å²) >= 11 is 2.13. The Balaban J connectivity index is 2.00. The van der Waals surface area contributed by atoms with E-state index in [-0.39, 0.29) is 19.2 Å². The van der Waals surface area contributed by atoms with Crippen molar-refractivity contribution in [2.24, 2.45) is 0 Å². The average molecular weight is 376 g/mol. The first-order valence-corrected chi connectivity index (χ1v) is 6.80. The zero-order valence-electron chi connectivity index (χ0n) is 10.0. The molecule has 1 aromatic carbocycles. The minimum atomic E-state index is -1.05. The predicted molar refractivity (Wildman–Crippen MR) is 77.1 cm³/mol. The molecule has 2 N–H and O–H groups in total. The van der Waals surface area contributed by atoms with Crippen molar-refractivity contribution in [1.29, 1.82) is 0 Å². The number of hydrogen-bond acceptors (Lipinski definition) is 3. The normalized spacial score (nSPS) is 19.0. The number of amides is 2. The molecule has 7 heteroatoms. The Morgan fingerprint density at radius 3 is 2.84 bits per heavy atom. The van der Waals surface area contributed by atoms with Crippen LogP contribution in [0.4, 0.5) is 10.5 Å². The highest BCUT2D eigenvalue weighted by molar-refractivity contribution is 14.1. The lowest BCUT2D eigenvalue weighted by Gasteiger charge is -2.30. The van der Waals surface area contributed by atoms with Gasteiger partial charge in [0.2, 0.25) is 0 Å². The molecule has 6 nitrogen and oxygen atoms in total. The maximum absolute atomic E-state index is 12.1. The molecule has 1 aliphatic rings. The zero-order chi connectivity index (χ0) is 13.8. The fourth-order valence-electron chi connectivity index (χ4n) is 1.74. The third-order valence-corrected chi connectivity index (χ3v) is 3.69. The van der Waals surface area contributed by atoms with E-state index in [2.05, 4.69) is 27.9 Å². The molecule has 0 spiro atoms. The van der Waals surface area contributed by atoms with Gasteiger partial charge in [0.1, 0.15) is 0 Å². The van der Waals surface area contributed by atoms with Crippen LogP contribution in [0, 0.1) is 3.57 Å². The lowest BCUT2D eigenvalue weighted by molar-refractivity contribution is -0.154. The average Bonchev–Trinajstić information content (AvgIpc) is 2.41. The Hall–Kier alpha value is -1.35. The molecule has 1 atom stereocenters. The third-order valence-electron chi connectivity index (χ3n) is 2.74. The zero-order valence-corrected chi connectivity index (χ0v) is 12.2. The highest BCUT2D eigenvalue weighted by atomic mass is 127. The van der Waals surface area contributed by atoms with E-state index in [1.807, 2.05) is 18.2 Å². The van der Waals surface area contributed by atoms with E-state index in [9.17, 15) is 9.59 Å². The molecule has 0 saturated carbocycles. The second-order valence-corrected chi connectivity index (χ2v) is 5.22. The summed E-state index contributed by atoms with van der Waals surface area (Å²) in [7, 11) is 0. The van der Waals surface area contributed by atoms with E-state index in [4.69, 9.17) is 9.84 Å². The van der Waals surface area contributed by atoms with Gasteiger partial charge >= 0.3 is 12.0 Å². The van der Waals surface area contributed by atoms with Gasteiger partial charge in [-0.3, -0.25) is 0 Å². The number of ether oxygens (including phenoxy) is 1. The first-order valence-electron chi connectivity index (χ1n) is 5.73. The van der Waals surface area contributed by atoms with Gasteiger partial charge in [-0.15, -0.1) is 0 Å². The van der Waals surface area contributed by atoms with Crippen LogP contribution in [0.3, 0.4) is 0 Å². The van der Waals surface area contributed by atoms with Crippen molar-refractivity contribution in [1.82, 2.24) is 4.90 Å². The number of para-hydroxylation sites is 1. The van der Waals surface area contributed by atoms with Crippen LogP contribution in [0.15, 0.2) is 24.3 Å². The summed E-state index contributed by atoms with van der Waals surface area (Å²) in [5, 5.41) is 11.7. The van der Waals surface area contributed by atoms with Crippen LogP contribution in [0.2, 0.25) is 0 Å². The summed E-state index contributed by atoms with van der Waals surface area (Å²) in [5.74, 6) is -1.05. The molecule has 0 aromatic heterocycles. The second-order valence-electron chi connectivity index (χ2n) is 4.05. The number of benzene rings is 1. The number of aliphatic carboxylic acids is 1. The largest absolute Gasteiger partial charge is 0.479 e. The molecule has 1 unspecified atom stereocenters. The number of halogens is 1. The fourth-order valence-corrected chi connectivity index (χ4v) is 2.26. The molecular weight excluding hydrogens is 363 g/mol. The molecule has 0 bridgehead atoms. The quantitative estimate of drug-likeness (QED) is 0.769. The van der Waals surface area contributed by atoms with Crippen LogP contribution in [-0.4, -0.2) is 47.8 Å². The van der Waals surface area contributed by atoms with Crippen molar-refractivity contribution in [3.63, 3.8) is 0 Å². The summed E-state index contributed by atoms with van der Waals surface area (Å²) in [5.41, 5.74) is 0.714. The fraction of sp³-hybridized carbons (Fsp3) is 0.333. The van der Waals surface area contributed by atoms with Gasteiger partial charge in [-0.1, -0.05) is 12.1 Å². The third kappa shape index (κ3) is 3.57. The number of carbonyl (C=O) groups is 2. The van der Waals surface area contributed by atoms with Gasteiger partial charge in [-0.25, -0.2) is 9.59 Å². The number of nitrogens with one attached hydrogen (secondary N) is 1. The monoisotopic (exact) mass is 376 g/mol. The Morgan fingerprint density at radius 1 is 1.42 bits per heavy atom. The molecule has 2 rings (SSSR count). The molecule has 1 aliphatic heterocycles. The number of anilines is 1. The molecule has 1 fully saturated rings. The van der Waals surface area contributed by atoms with Crippen LogP contribution >= 0.6 is 22.6 Å². The minimum Gasteiger partial charge on any atom is -0.479 e. The standard InChI is InChI=1S/C12H13IN2O4/c13-8-3-1-2-4-9(8)14-12(18)15-5-6-19-10(7-15)11(16)17/h1-4,10H,5-7H2,(H,14,18)(H,16,17). The molecule has 19 heavy (non-hydrogen) atoms. The van der Waals surface area contributed by atoms with Gasteiger partial charge in [0.25, 0.3) is 0 Å². The lowest BCUT2D eigenvalue weighted by atomic mass is 10.3. The van der Waals surface area contributed by atoms with Gasteiger partial charge in [0, 0.05) is 10.1 Å². The molecule has 102 valence electrons. The highest BCUT2D eigenvalue weighted by Gasteiger charge is 2.29. The molecule has 2 amide bonds. The van der Waals surface area contributed by atoms with E-state index in [0.717, 1.165) is 3.57 Å². The SMILES string of the molecule is O=C(O)C1CN(C(=O)Nc2ccccc2I)CCO1.